The molecule has 0 aliphatic heterocycles. The van der Waals surface area contributed by atoms with Gasteiger partial charge >= 0.3 is 0 Å². The number of methoxy groups -OCH3 is 1. The first-order valence-corrected chi connectivity index (χ1v) is 7.82. The zero-order valence-electron chi connectivity index (χ0n) is 13.4. The lowest BCUT2D eigenvalue weighted by atomic mass is 10.1. The van der Waals surface area contributed by atoms with Crippen LogP contribution in [-0.4, -0.2) is 29.4 Å². The van der Waals surface area contributed by atoms with E-state index >= 15 is 0 Å². The number of hydrogen-bond acceptors (Lipinski definition) is 4. The molecule has 25 heavy (non-hydrogen) atoms. The molecule has 0 fully saturated rings. The minimum atomic E-state index is -0.383. The molecule has 0 radical (unpaired) electrons. The number of aromatic amines is 1. The Bertz CT molecular complexity index is 903. The van der Waals surface area contributed by atoms with Gasteiger partial charge < -0.3 is 4.74 Å². The van der Waals surface area contributed by atoms with Crippen molar-refractivity contribution < 1.29 is 9.53 Å². The smallest absolute Gasteiger partial charge is 0.289 e. The Kier molecular flexibility index (Phi) is 5.11. The fourth-order valence-corrected chi connectivity index (χ4v) is 2.28. The van der Waals surface area contributed by atoms with E-state index in [4.69, 9.17) is 16.3 Å². The number of nitrogens with zero attached hydrogens (tertiary/aromatic N) is 2. The molecule has 2 aromatic carbocycles. The second-order valence-corrected chi connectivity index (χ2v) is 5.59. The number of ether oxygens (including phenoxy) is 1. The number of halogens is 1. The molecule has 3 rings (SSSR count). The Morgan fingerprint density at radius 1 is 1.24 bits per heavy atom. The first-order chi connectivity index (χ1) is 12.2. The van der Waals surface area contributed by atoms with Gasteiger partial charge in [-0.15, -0.1) is 0 Å². The van der Waals surface area contributed by atoms with Crippen molar-refractivity contribution in [1.29, 1.82) is 0 Å². The molecule has 6 nitrogen and oxygen atoms in total. The Labute approximate surface area is 149 Å². The Balaban J connectivity index is 1.65. The van der Waals surface area contributed by atoms with Crippen LogP contribution in [0.15, 0.2) is 59.7 Å². The van der Waals surface area contributed by atoms with Gasteiger partial charge in [-0.1, -0.05) is 35.9 Å². The van der Waals surface area contributed by atoms with E-state index < -0.39 is 0 Å². The van der Waals surface area contributed by atoms with Crippen LogP contribution in [0.4, 0.5) is 0 Å². The van der Waals surface area contributed by atoms with E-state index in [1.54, 1.807) is 25.3 Å². The maximum atomic E-state index is 12.1. The largest absolute Gasteiger partial charge is 0.497 e. The summed E-state index contributed by atoms with van der Waals surface area (Å²) in [6, 6.07) is 16.2. The third-order valence-electron chi connectivity index (χ3n) is 3.44. The highest BCUT2D eigenvalue weighted by Gasteiger charge is 2.10. The van der Waals surface area contributed by atoms with E-state index in [2.05, 4.69) is 20.7 Å². The van der Waals surface area contributed by atoms with E-state index in [1.165, 1.54) is 6.21 Å². The minimum Gasteiger partial charge on any atom is -0.497 e. The van der Waals surface area contributed by atoms with Gasteiger partial charge in [0.15, 0.2) is 0 Å². The van der Waals surface area contributed by atoms with Crippen LogP contribution in [0.1, 0.15) is 16.1 Å². The molecule has 0 aliphatic rings. The van der Waals surface area contributed by atoms with Gasteiger partial charge in [-0.2, -0.15) is 10.2 Å². The zero-order valence-corrected chi connectivity index (χ0v) is 14.1. The van der Waals surface area contributed by atoms with E-state index in [0.717, 1.165) is 16.9 Å². The van der Waals surface area contributed by atoms with Crippen molar-refractivity contribution in [2.24, 2.45) is 5.10 Å². The van der Waals surface area contributed by atoms with Crippen molar-refractivity contribution in [3.8, 4) is 17.0 Å². The van der Waals surface area contributed by atoms with Gasteiger partial charge in [-0.05, 0) is 35.9 Å². The van der Waals surface area contributed by atoms with Crippen LogP contribution >= 0.6 is 11.6 Å². The molecule has 7 heteroatoms. The molecular formula is C18H15ClN4O2. The van der Waals surface area contributed by atoms with E-state index in [1.807, 2.05) is 36.4 Å². The van der Waals surface area contributed by atoms with Crippen LogP contribution in [0.5, 0.6) is 5.75 Å². The van der Waals surface area contributed by atoms with Gasteiger partial charge in [-0.3, -0.25) is 9.89 Å². The highest BCUT2D eigenvalue weighted by atomic mass is 35.5. The number of amides is 1. The number of carbonyl (C=O) groups is 1. The SMILES string of the molecule is COc1cccc(/C=N\NC(=O)c2cc(-c3ccc(Cl)cc3)n[nH]2)c1. The van der Waals surface area contributed by atoms with Gasteiger partial charge in [0.2, 0.25) is 0 Å². The van der Waals surface area contributed by atoms with Gasteiger partial charge in [0.05, 0.1) is 19.0 Å². The number of hydrogen-bond donors (Lipinski definition) is 2. The quantitative estimate of drug-likeness (QED) is 0.543. The topological polar surface area (TPSA) is 79.4 Å². The average molecular weight is 355 g/mol. The molecule has 1 heterocycles. The molecule has 0 unspecified atom stereocenters. The standard InChI is InChI=1S/C18H15ClN4O2/c1-25-15-4-2-3-12(9-15)11-20-23-18(24)17-10-16(21-22-17)13-5-7-14(19)8-6-13/h2-11H,1H3,(H,21,22)(H,23,24)/b20-11-. The van der Waals surface area contributed by atoms with Crippen LogP contribution in [-0.2, 0) is 0 Å². The molecule has 0 saturated heterocycles. The van der Waals surface area contributed by atoms with Crippen LogP contribution in [0.3, 0.4) is 0 Å². The Hall–Kier alpha value is -3.12. The van der Waals surface area contributed by atoms with Crippen molar-refractivity contribution in [1.82, 2.24) is 15.6 Å². The first kappa shape index (κ1) is 16.7. The summed E-state index contributed by atoms with van der Waals surface area (Å²) in [7, 11) is 1.59. The molecule has 126 valence electrons. The predicted octanol–water partition coefficient (Wildman–Crippen LogP) is 3.50. The third-order valence-corrected chi connectivity index (χ3v) is 3.69. The summed E-state index contributed by atoms with van der Waals surface area (Å²) in [5.41, 5.74) is 5.09. The van der Waals surface area contributed by atoms with Gasteiger partial charge in [0.1, 0.15) is 11.4 Å². The second kappa shape index (κ2) is 7.63. The van der Waals surface area contributed by atoms with Crippen molar-refractivity contribution in [3.63, 3.8) is 0 Å². The number of aromatic nitrogens is 2. The fourth-order valence-electron chi connectivity index (χ4n) is 2.15. The molecular weight excluding hydrogens is 340 g/mol. The lowest BCUT2D eigenvalue weighted by Crippen LogP contribution is -2.18. The monoisotopic (exact) mass is 354 g/mol. The normalized spacial score (nSPS) is 10.8. The van der Waals surface area contributed by atoms with Gasteiger partial charge in [0.25, 0.3) is 5.91 Å². The third kappa shape index (κ3) is 4.24. The number of hydrazone groups is 1. The fraction of sp³-hybridized carbons (Fsp3) is 0.0556. The minimum absolute atomic E-state index is 0.313. The summed E-state index contributed by atoms with van der Waals surface area (Å²) in [6.45, 7) is 0. The number of nitrogens with one attached hydrogen (secondary N) is 2. The summed E-state index contributed by atoms with van der Waals surface area (Å²) in [5.74, 6) is 0.336. The van der Waals surface area contributed by atoms with Crippen molar-refractivity contribution in [2.45, 2.75) is 0 Å². The summed E-state index contributed by atoms with van der Waals surface area (Å²) in [5, 5.41) is 11.4. The molecule has 0 spiro atoms. The Morgan fingerprint density at radius 3 is 2.80 bits per heavy atom. The maximum Gasteiger partial charge on any atom is 0.289 e. The van der Waals surface area contributed by atoms with E-state index in [-0.39, 0.29) is 5.91 Å². The molecule has 3 aromatic rings. The molecule has 2 N–H and O–H groups in total. The number of H-pyrrole nitrogens is 1. The maximum absolute atomic E-state index is 12.1. The van der Waals surface area contributed by atoms with Crippen LogP contribution in [0, 0.1) is 0 Å². The van der Waals surface area contributed by atoms with Gasteiger partial charge in [-0.25, -0.2) is 5.43 Å². The zero-order chi connectivity index (χ0) is 17.6. The summed E-state index contributed by atoms with van der Waals surface area (Å²) >= 11 is 5.87. The van der Waals surface area contributed by atoms with E-state index in [0.29, 0.717) is 16.4 Å². The summed E-state index contributed by atoms with van der Waals surface area (Å²) in [4.78, 5) is 12.1. The number of carbonyl (C=O) groups excluding carboxylic acids is 1. The van der Waals surface area contributed by atoms with Crippen LogP contribution in [0.2, 0.25) is 5.02 Å². The first-order valence-electron chi connectivity index (χ1n) is 7.44. The average Bonchev–Trinajstić information content (AvgIpc) is 3.12. The molecule has 1 amide bonds. The predicted molar refractivity (Wildman–Crippen MR) is 97.1 cm³/mol. The number of benzene rings is 2. The number of rotatable bonds is 5. The van der Waals surface area contributed by atoms with E-state index in [9.17, 15) is 4.79 Å². The highest BCUT2D eigenvalue weighted by molar-refractivity contribution is 6.30. The lowest BCUT2D eigenvalue weighted by Gasteiger charge is -2.00. The van der Waals surface area contributed by atoms with Crippen LogP contribution in [0.25, 0.3) is 11.3 Å². The molecule has 0 aliphatic carbocycles. The molecule has 0 atom stereocenters. The van der Waals surface area contributed by atoms with Gasteiger partial charge in [0, 0.05) is 10.6 Å². The summed E-state index contributed by atoms with van der Waals surface area (Å²) in [6.07, 6.45) is 1.54. The Morgan fingerprint density at radius 2 is 2.04 bits per heavy atom. The van der Waals surface area contributed by atoms with Crippen LogP contribution < -0.4 is 10.2 Å². The second-order valence-electron chi connectivity index (χ2n) is 5.15. The van der Waals surface area contributed by atoms with Crippen molar-refractivity contribution >= 4 is 23.7 Å². The van der Waals surface area contributed by atoms with Crippen molar-refractivity contribution in [3.05, 3.63) is 70.9 Å². The van der Waals surface area contributed by atoms with Crippen molar-refractivity contribution in [2.75, 3.05) is 7.11 Å². The molecule has 0 saturated carbocycles. The molecule has 0 bridgehead atoms. The lowest BCUT2D eigenvalue weighted by molar-refractivity contribution is 0.0950. The highest BCUT2D eigenvalue weighted by Crippen LogP contribution is 2.20. The summed E-state index contributed by atoms with van der Waals surface area (Å²) < 4.78 is 5.13. The molecule has 1 aromatic heterocycles.